The number of hydrogen-bond donors (Lipinski definition) is 2. The van der Waals surface area contributed by atoms with Crippen molar-refractivity contribution in [3.63, 3.8) is 0 Å². The molecule has 0 aromatic heterocycles. The summed E-state index contributed by atoms with van der Waals surface area (Å²) in [6, 6.07) is 0. The minimum absolute atomic E-state index is 0.244. The number of hydrogen-bond acceptors (Lipinski definition) is 2. The molecule has 1 rings (SSSR count). The van der Waals surface area contributed by atoms with E-state index < -0.39 is 5.60 Å². The summed E-state index contributed by atoms with van der Waals surface area (Å²) in [7, 11) is 0. The number of allylic oxidation sites excluding steroid dienone is 2. The van der Waals surface area contributed by atoms with Crippen molar-refractivity contribution in [2.75, 3.05) is 0 Å². The third kappa shape index (κ3) is 1.53. The molecule has 0 radical (unpaired) electrons. The summed E-state index contributed by atoms with van der Waals surface area (Å²) in [6.07, 6.45) is 5.37. The largest absolute Gasteiger partial charge is 0.512 e. The maximum absolute atomic E-state index is 10.1. The van der Waals surface area contributed by atoms with Gasteiger partial charge >= 0.3 is 0 Å². The minimum Gasteiger partial charge on any atom is -0.512 e. The van der Waals surface area contributed by atoms with Crippen LogP contribution >= 0.6 is 0 Å². The first kappa shape index (κ1) is 9.33. The summed E-state index contributed by atoms with van der Waals surface area (Å²) in [6.45, 7) is 5.86. The molecule has 68 valence electrons. The van der Waals surface area contributed by atoms with Gasteiger partial charge in [0, 0.05) is 6.42 Å². The topological polar surface area (TPSA) is 40.5 Å². The SMILES string of the molecule is CC(C)(C)C1(O)C=CC=C(O)C1. The van der Waals surface area contributed by atoms with Crippen LogP contribution in [-0.4, -0.2) is 15.8 Å². The molecule has 0 amide bonds. The highest BCUT2D eigenvalue weighted by Gasteiger charge is 2.39. The van der Waals surface area contributed by atoms with Crippen molar-refractivity contribution in [3.8, 4) is 0 Å². The predicted molar refractivity (Wildman–Crippen MR) is 48.9 cm³/mol. The second-order valence-corrected chi connectivity index (χ2v) is 4.37. The van der Waals surface area contributed by atoms with E-state index in [-0.39, 0.29) is 11.2 Å². The van der Waals surface area contributed by atoms with Crippen LogP contribution in [-0.2, 0) is 0 Å². The molecule has 0 saturated carbocycles. The lowest BCUT2D eigenvalue weighted by atomic mass is 9.72. The Hall–Kier alpha value is -0.760. The maximum Gasteiger partial charge on any atom is 0.0954 e. The molecule has 0 saturated heterocycles. The molecule has 0 fully saturated rings. The highest BCUT2D eigenvalue weighted by atomic mass is 16.3. The molecular formula is C10H16O2. The van der Waals surface area contributed by atoms with Crippen molar-refractivity contribution >= 4 is 0 Å². The first-order chi connectivity index (χ1) is 5.35. The molecule has 1 unspecified atom stereocenters. The van der Waals surface area contributed by atoms with Crippen LogP contribution in [0, 0.1) is 5.41 Å². The van der Waals surface area contributed by atoms with E-state index in [4.69, 9.17) is 0 Å². The van der Waals surface area contributed by atoms with E-state index in [2.05, 4.69) is 0 Å². The van der Waals surface area contributed by atoms with Gasteiger partial charge in [0.2, 0.25) is 0 Å². The first-order valence-corrected chi connectivity index (χ1v) is 4.15. The van der Waals surface area contributed by atoms with Crippen molar-refractivity contribution in [3.05, 3.63) is 24.0 Å². The van der Waals surface area contributed by atoms with E-state index in [1.54, 1.807) is 18.2 Å². The van der Waals surface area contributed by atoms with Gasteiger partial charge in [-0.3, -0.25) is 0 Å². The standard InChI is InChI=1S/C10H16O2/c1-9(2,3)10(12)6-4-5-8(11)7-10/h4-6,11-12H,7H2,1-3H3. The van der Waals surface area contributed by atoms with E-state index in [1.165, 1.54) is 0 Å². The summed E-state index contributed by atoms with van der Waals surface area (Å²) < 4.78 is 0. The first-order valence-electron chi connectivity index (χ1n) is 4.15. The zero-order chi connectivity index (χ0) is 9.41. The van der Waals surface area contributed by atoms with Crippen molar-refractivity contribution < 1.29 is 10.2 Å². The summed E-state index contributed by atoms with van der Waals surface area (Å²) in [5, 5.41) is 19.3. The molecule has 0 aromatic rings. The molecule has 0 aliphatic heterocycles. The molecule has 12 heavy (non-hydrogen) atoms. The molecule has 0 aromatic carbocycles. The van der Waals surface area contributed by atoms with E-state index in [0.717, 1.165) is 0 Å². The van der Waals surface area contributed by atoms with Crippen LogP contribution in [0.15, 0.2) is 24.0 Å². The highest BCUT2D eigenvalue weighted by molar-refractivity contribution is 5.23. The maximum atomic E-state index is 10.1. The predicted octanol–water partition coefficient (Wildman–Crippen LogP) is 2.17. The Balaban J connectivity index is 2.90. The van der Waals surface area contributed by atoms with Crippen LogP contribution in [0.2, 0.25) is 0 Å². The number of aliphatic hydroxyl groups is 2. The van der Waals surface area contributed by atoms with Gasteiger partial charge < -0.3 is 10.2 Å². The Bertz CT molecular complexity index is 233. The van der Waals surface area contributed by atoms with Gasteiger partial charge in [0.05, 0.1) is 11.4 Å². The molecule has 2 N–H and O–H groups in total. The smallest absolute Gasteiger partial charge is 0.0954 e. The zero-order valence-electron chi connectivity index (χ0n) is 7.83. The Morgan fingerprint density at radius 2 is 2.00 bits per heavy atom. The Labute approximate surface area is 73.2 Å². The Morgan fingerprint density at radius 1 is 1.42 bits per heavy atom. The van der Waals surface area contributed by atoms with Crippen LogP contribution in [0.1, 0.15) is 27.2 Å². The van der Waals surface area contributed by atoms with Gasteiger partial charge in [0.1, 0.15) is 0 Å². The molecule has 0 heterocycles. The fraction of sp³-hybridized carbons (Fsp3) is 0.600. The van der Waals surface area contributed by atoms with E-state index >= 15 is 0 Å². The molecule has 1 aliphatic carbocycles. The lowest BCUT2D eigenvalue weighted by molar-refractivity contribution is -0.0217. The van der Waals surface area contributed by atoms with E-state index in [9.17, 15) is 10.2 Å². The van der Waals surface area contributed by atoms with Crippen LogP contribution < -0.4 is 0 Å². The molecule has 0 bridgehead atoms. The average molecular weight is 168 g/mol. The van der Waals surface area contributed by atoms with E-state index in [0.29, 0.717) is 6.42 Å². The van der Waals surface area contributed by atoms with Crippen molar-refractivity contribution in [1.29, 1.82) is 0 Å². The molecule has 1 atom stereocenters. The Morgan fingerprint density at radius 3 is 2.33 bits per heavy atom. The van der Waals surface area contributed by atoms with Gasteiger partial charge in [-0.2, -0.15) is 0 Å². The van der Waals surface area contributed by atoms with Crippen LogP contribution in [0.25, 0.3) is 0 Å². The summed E-state index contributed by atoms with van der Waals surface area (Å²) in [4.78, 5) is 0. The molecule has 0 spiro atoms. The van der Waals surface area contributed by atoms with Gasteiger partial charge in [0.25, 0.3) is 0 Å². The van der Waals surface area contributed by atoms with Gasteiger partial charge in [-0.25, -0.2) is 0 Å². The lowest BCUT2D eigenvalue weighted by Gasteiger charge is -2.38. The lowest BCUT2D eigenvalue weighted by Crippen LogP contribution is -2.42. The van der Waals surface area contributed by atoms with E-state index in [1.807, 2.05) is 20.8 Å². The van der Waals surface area contributed by atoms with Crippen molar-refractivity contribution in [2.24, 2.45) is 5.41 Å². The molecule has 2 heteroatoms. The average Bonchev–Trinajstić information content (AvgIpc) is 1.83. The van der Waals surface area contributed by atoms with Gasteiger partial charge in [-0.1, -0.05) is 32.9 Å². The second-order valence-electron chi connectivity index (χ2n) is 4.37. The van der Waals surface area contributed by atoms with Gasteiger partial charge in [0.15, 0.2) is 0 Å². The number of aliphatic hydroxyl groups excluding tert-OH is 1. The minimum atomic E-state index is -0.911. The fourth-order valence-electron chi connectivity index (χ4n) is 1.23. The third-order valence-electron chi connectivity index (χ3n) is 2.41. The quantitative estimate of drug-likeness (QED) is 0.582. The summed E-state index contributed by atoms with van der Waals surface area (Å²) in [5.74, 6) is 0.245. The van der Waals surface area contributed by atoms with Crippen molar-refractivity contribution in [2.45, 2.75) is 32.8 Å². The summed E-state index contributed by atoms with van der Waals surface area (Å²) in [5.41, 5.74) is -1.16. The number of rotatable bonds is 0. The zero-order valence-corrected chi connectivity index (χ0v) is 7.83. The summed E-state index contributed by atoms with van der Waals surface area (Å²) >= 11 is 0. The monoisotopic (exact) mass is 168 g/mol. The molecular weight excluding hydrogens is 152 g/mol. The third-order valence-corrected chi connectivity index (χ3v) is 2.41. The normalized spacial score (nSPS) is 30.2. The van der Waals surface area contributed by atoms with Crippen LogP contribution in [0.3, 0.4) is 0 Å². The molecule has 2 nitrogen and oxygen atoms in total. The fourth-order valence-corrected chi connectivity index (χ4v) is 1.23. The second kappa shape index (κ2) is 2.63. The molecule has 1 aliphatic rings. The highest BCUT2D eigenvalue weighted by Crippen LogP contribution is 2.37. The van der Waals surface area contributed by atoms with Crippen molar-refractivity contribution in [1.82, 2.24) is 0 Å². The van der Waals surface area contributed by atoms with Gasteiger partial charge in [-0.05, 0) is 11.5 Å². The van der Waals surface area contributed by atoms with Gasteiger partial charge in [-0.15, -0.1) is 0 Å². The van der Waals surface area contributed by atoms with Crippen LogP contribution in [0.4, 0.5) is 0 Å². The van der Waals surface area contributed by atoms with Crippen LogP contribution in [0.5, 0.6) is 0 Å². The Kier molecular flexibility index (Phi) is 2.04.